The molecule has 6 rings (SSSR count). The van der Waals surface area contributed by atoms with Crippen molar-refractivity contribution in [2.45, 2.75) is 70.1 Å². The van der Waals surface area contributed by atoms with Gasteiger partial charge in [-0.05, 0) is 80.8 Å². The number of hydrogen-bond acceptors (Lipinski definition) is 6. The Balaban J connectivity index is 1.35. The smallest absolute Gasteiger partial charge is 0.314 e. The van der Waals surface area contributed by atoms with E-state index < -0.39 is 12.2 Å². The molecule has 0 spiro atoms. The summed E-state index contributed by atoms with van der Waals surface area (Å²) in [6.07, 6.45) is 3.88. The molecular formula is C22H32F2N6. The molecule has 1 aromatic rings. The third-order valence-electron chi connectivity index (χ3n) is 9.36. The maximum atomic E-state index is 13.6. The molecule has 0 amide bonds. The zero-order valence-corrected chi connectivity index (χ0v) is 17.8. The molecule has 2 N–H and O–H groups in total. The second kappa shape index (κ2) is 6.87. The van der Waals surface area contributed by atoms with Gasteiger partial charge in [0.15, 0.2) is 0 Å². The van der Waals surface area contributed by atoms with Crippen LogP contribution in [-0.2, 0) is 0 Å². The van der Waals surface area contributed by atoms with E-state index in [4.69, 9.17) is 0 Å². The average Bonchev–Trinajstić information content (AvgIpc) is 3.06. The van der Waals surface area contributed by atoms with Gasteiger partial charge in [0.2, 0.25) is 0 Å². The van der Waals surface area contributed by atoms with E-state index in [1.54, 1.807) is 0 Å². The lowest BCUT2D eigenvalue weighted by atomic mass is 9.57. The Bertz CT molecular complexity index is 814. The van der Waals surface area contributed by atoms with E-state index in [-0.39, 0.29) is 5.92 Å². The number of rotatable bonds is 1. The maximum absolute atomic E-state index is 13.6. The summed E-state index contributed by atoms with van der Waals surface area (Å²) in [7, 11) is 0. The zero-order valence-electron chi connectivity index (χ0n) is 17.8. The molecule has 30 heavy (non-hydrogen) atoms. The number of aromatic nitrogens is 3. The van der Waals surface area contributed by atoms with E-state index in [2.05, 4.69) is 44.3 Å². The van der Waals surface area contributed by atoms with Crippen LogP contribution < -0.4 is 10.6 Å². The van der Waals surface area contributed by atoms with Gasteiger partial charge in [-0.1, -0.05) is 13.8 Å². The van der Waals surface area contributed by atoms with Crippen molar-refractivity contribution in [2.75, 3.05) is 19.6 Å². The van der Waals surface area contributed by atoms with Gasteiger partial charge < -0.3 is 10.6 Å². The Labute approximate surface area is 176 Å². The van der Waals surface area contributed by atoms with Crippen molar-refractivity contribution in [3.8, 4) is 0 Å². The van der Waals surface area contributed by atoms with E-state index in [1.165, 1.54) is 12.8 Å². The summed E-state index contributed by atoms with van der Waals surface area (Å²) in [4.78, 5) is 13.7. The first-order valence-corrected chi connectivity index (χ1v) is 11.7. The molecule has 0 radical (unpaired) electrons. The van der Waals surface area contributed by atoms with Gasteiger partial charge in [-0.25, -0.2) is 0 Å². The lowest BCUT2D eigenvalue weighted by molar-refractivity contribution is -0.126. The Hall–Kier alpha value is -1.25. The molecule has 8 heteroatoms. The van der Waals surface area contributed by atoms with Crippen LogP contribution >= 0.6 is 0 Å². The highest BCUT2D eigenvalue weighted by Crippen LogP contribution is 2.59. The first-order valence-electron chi connectivity index (χ1n) is 11.7. The van der Waals surface area contributed by atoms with Gasteiger partial charge in [-0.15, -0.1) is 0 Å². The molecular weight excluding hydrogens is 386 g/mol. The molecule has 4 aliphatic heterocycles. The highest BCUT2D eigenvalue weighted by atomic mass is 19.1. The molecule has 5 aliphatic rings. The Morgan fingerprint density at radius 3 is 2.57 bits per heavy atom. The molecule has 8 atom stereocenters. The summed E-state index contributed by atoms with van der Waals surface area (Å²) in [6, 6.07) is 1.14. The van der Waals surface area contributed by atoms with Crippen LogP contribution in [0.2, 0.25) is 0 Å². The molecule has 1 saturated carbocycles. The van der Waals surface area contributed by atoms with Crippen LogP contribution in [0, 0.1) is 41.2 Å². The number of fused-ring (bicyclic) bond motifs is 5. The first kappa shape index (κ1) is 19.4. The van der Waals surface area contributed by atoms with Crippen molar-refractivity contribution in [3.05, 3.63) is 18.0 Å². The summed E-state index contributed by atoms with van der Waals surface area (Å²) in [5.74, 6) is 2.74. The molecule has 1 aromatic heterocycles. The van der Waals surface area contributed by atoms with Crippen molar-refractivity contribution in [1.82, 2.24) is 30.5 Å². The summed E-state index contributed by atoms with van der Waals surface area (Å²) >= 11 is 0. The first-order chi connectivity index (χ1) is 14.4. The second-order valence-corrected chi connectivity index (χ2v) is 10.8. The summed E-state index contributed by atoms with van der Waals surface area (Å²) < 4.78 is 27.3. The number of hydrogen-bond donors (Lipinski definition) is 2. The molecule has 5 fully saturated rings. The molecule has 0 aromatic carbocycles. The third kappa shape index (κ3) is 2.72. The van der Waals surface area contributed by atoms with Gasteiger partial charge in [-0.2, -0.15) is 23.7 Å². The number of nitrogens with one attached hydrogen (secondary N) is 2. The van der Waals surface area contributed by atoms with Gasteiger partial charge in [0, 0.05) is 18.0 Å². The van der Waals surface area contributed by atoms with Crippen molar-refractivity contribution >= 4 is 0 Å². The molecule has 1 aliphatic carbocycles. The molecule has 164 valence electrons. The van der Waals surface area contributed by atoms with Gasteiger partial charge in [0.25, 0.3) is 0 Å². The van der Waals surface area contributed by atoms with Crippen LogP contribution in [-0.4, -0.2) is 57.7 Å². The SMILES string of the molecule is CC1(C)C2CCCNC2N2C3CCC(c4nc(F)nc(F)n4)CC3C3CNCC1C32. The minimum atomic E-state index is -1.00. The maximum Gasteiger partial charge on any atom is 0.314 e. The fraction of sp³-hybridized carbons (Fsp3) is 0.864. The fourth-order valence-electron chi connectivity index (χ4n) is 8.11. The van der Waals surface area contributed by atoms with Crippen LogP contribution in [0.5, 0.6) is 0 Å². The third-order valence-corrected chi connectivity index (χ3v) is 9.36. The van der Waals surface area contributed by atoms with Crippen LogP contribution in [0.3, 0.4) is 0 Å². The van der Waals surface area contributed by atoms with Gasteiger partial charge in [0.1, 0.15) is 5.82 Å². The normalized spacial score (nSPS) is 44.8. The topological polar surface area (TPSA) is 66.0 Å². The molecule has 8 unspecified atom stereocenters. The van der Waals surface area contributed by atoms with Crippen molar-refractivity contribution in [1.29, 1.82) is 0 Å². The Morgan fingerprint density at radius 2 is 1.77 bits per heavy atom. The molecule has 0 bridgehead atoms. The van der Waals surface area contributed by atoms with E-state index >= 15 is 0 Å². The summed E-state index contributed by atoms with van der Waals surface area (Å²) in [6.45, 7) is 8.23. The number of halogens is 2. The predicted octanol–water partition coefficient (Wildman–Crippen LogP) is 2.29. The largest absolute Gasteiger partial charge is 0.316 e. The predicted molar refractivity (Wildman–Crippen MR) is 107 cm³/mol. The van der Waals surface area contributed by atoms with Gasteiger partial charge in [-0.3, -0.25) is 4.90 Å². The zero-order chi connectivity index (χ0) is 20.6. The van der Waals surface area contributed by atoms with Crippen molar-refractivity contribution in [3.63, 3.8) is 0 Å². The lowest BCUT2D eigenvalue weighted by Crippen LogP contribution is -2.71. The van der Waals surface area contributed by atoms with Crippen molar-refractivity contribution < 1.29 is 8.78 Å². The summed E-state index contributed by atoms with van der Waals surface area (Å²) in [5, 5.41) is 7.66. The van der Waals surface area contributed by atoms with Gasteiger partial charge in [0.05, 0.1) is 6.17 Å². The fourth-order valence-corrected chi connectivity index (χ4v) is 8.11. The van der Waals surface area contributed by atoms with Crippen LogP contribution in [0.25, 0.3) is 0 Å². The average molecular weight is 419 g/mol. The van der Waals surface area contributed by atoms with E-state index in [1.807, 2.05) is 0 Å². The highest BCUT2D eigenvalue weighted by molar-refractivity contribution is 5.17. The standard InChI is InChI=1S/C22H32F2N6/c1-22(2)14-4-3-7-26-19(14)30-16-6-5-11(18-27-20(23)29-21(24)28-18)8-12(16)13-9-25-10-15(22)17(13)30/h11-17,19,25-26H,3-10H2,1-2H3. The monoisotopic (exact) mass is 418 g/mol. The number of piperidine rings is 3. The molecule has 4 saturated heterocycles. The van der Waals surface area contributed by atoms with Gasteiger partial charge >= 0.3 is 12.2 Å². The minimum Gasteiger partial charge on any atom is -0.316 e. The lowest BCUT2D eigenvalue weighted by Gasteiger charge is -2.61. The Kier molecular flexibility index (Phi) is 4.45. The number of nitrogens with zero attached hydrogens (tertiary/aromatic N) is 4. The quantitative estimate of drug-likeness (QED) is 0.730. The molecule has 6 nitrogen and oxygen atoms in total. The minimum absolute atomic E-state index is 0.0168. The van der Waals surface area contributed by atoms with E-state index in [0.29, 0.717) is 53.2 Å². The van der Waals surface area contributed by atoms with Crippen LogP contribution in [0.15, 0.2) is 0 Å². The Morgan fingerprint density at radius 1 is 0.967 bits per heavy atom. The van der Waals surface area contributed by atoms with E-state index in [0.717, 1.165) is 38.9 Å². The molecule has 5 heterocycles. The summed E-state index contributed by atoms with van der Waals surface area (Å²) in [5.41, 5.74) is 0.304. The second-order valence-electron chi connectivity index (χ2n) is 10.8. The highest BCUT2D eigenvalue weighted by Gasteiger charge is 2.64. The van der Waals surface area contributed by atoms with Crippen LogP contribution in [0.4, 0.5) is 8.78 Å². The van der Waals surface area contributed by atoms with E-state index in [9.17, 15) is 8.78 Å². The van der Waals surface area contributed by atoms with Crippen LogP contribution in [0.1, 0.15) is 57.7 Å². The van der Waals surface area contributed by atoms with Crippen molar-refractivity contribution in [2.24, 2.45) is 29.1 Å².